The van der Waals surface area contributed by atoms with Crippen LogP contribution in [0.25, 0.3) is 0 Å². The lowest BCUT2D eigenvalue weighted by atomic mass is 10.2. The van der Waals surface area contributed by atoms with Gasteiger partial charge in [-0.1, -0.05) is 0 Å². The summed E-state index contributed by atoms with van der Waals surface area (Å²) in [6.07, 6.45) is 1.54. The standard InChI is InChI=1S/C10H16N2O4S/c13-9-3-4-12(10(14)6-11-9)7-8-2-1-5-17(8,15)16/h8H,1-7H2,(H,11,13). The highest BCUT2D eigenvalue weighted by atomic mass is 32.2. The first kappa shape index (κ1) is 12.3. The number of rotatable bonds is 2. The highest BCUT2D eigenvalue weighted by molar-refractivity contribution is 7.92. The summed E-state index contributed by atoms with van der Waals surface area (Å²) in [5.74, 6) is -0.135. The summed E-state index contributed by atoms with van der Waals surface area (Å²) in [6, 6.07) is 0. The molecule has 2 rings (SSSR count). The van der Waals surface area contributed by atoms with Crippen LogP contribution in [0.1, 0.15) is 19.3 Å². The van der Waals surface area contributed by atoms with E-state index >= 15 is 0 Å². The Morgan fingerprint density at radius 3 is 2.76 bits per heavy atom. The summed E-state index contributed by atoms with van der Waals surface area (Å²) >= 11 is 0. The van der Waals surface area contributed by atoms with Crippen molar-refractivity contribution in [2.75, 3.05) is 25.4 Å². The molecule has 2 fully saturated rings. The van der Waals surface area contributed by atoms with E-state index in [-0.39, 0.29) is 37.1 Å². The molecule has 96 valence electrons. The first-order valence-corrected chi connectivity index (χ1v) is 7.46. The van der Waals surface area contributed by atoms with Gasteiger partial charge in [0.2, 0.25) is 11.8 Å². The van der Waals surface area contributed by atoms with Gasteiger partial charge in [0, 0.05) is 19.5 Å². The molecular formula is C10H16N2O4S. The van der Waals surface area contributed by atoms with E-state index in [2.05, 4.69) is 5.32 Å². The van der Waals surface area contributed by atoms with Gasteiger partial charge in [-0.2, -0.15) is 0 Å². The van der Waals surface area contributed by atoms with Gasteiger partial charge in [-0.3, -0.25) is 9.59 Å². The molecule has 0 aliphatic carbocycles. The molecule has 6 nitrogen and oxygen atoms in total. The lowest BCUT2D eigenvalue weighted by Crippen LogP contribution is -2.41. The molecule has 2 heterocycles. The van der Waals surface area contributed by atoms with Crippen LogP contribution in [-0.2, 0) is 19.4 Å². The molecule has 2 aliphatic heterocycles. The van der Waals surface area contributed by atoms with Crippen LogP contribution in [0.15, 0.2) is 0 Å². The molecule has 0 bridgehead atoms. The monoisotopic (exact) mass is 260 g/mol. The van der Waals surface area contributed by atoms with Gasteiger partial charge >= 0.3 is 0 Å². The van der Waals surface area contributed by atoms with E-state index in [1.54, 1.807) is 0 Å². The molecule has 0 spiro atoms. The average molecular weight is 260 g/mol. The van der Waals surface area contributed by atoms with Crippen molar-refractivity contribution in [2.45, 2.75) is 24.5 Å². The van der Waals surface area contributed by atoms with Gasteiger partial charge in [-0.25, -0.2) is 8.42 Å². The molecule has 7 heteroatoms. The fourth-order valence-corrected chi connectivity index (χ4v) is 4.07. The normalized spacial score (nSPS) is 28.9. The highest BCUT2D eigenvalue weighted by Gasteiger charge is 2.34. The molecule has 1 atom stereocenters. The zero-order valence-corrected chi connectivity index (χ0v) is 10.3. The Kier molecular flexibility index (Phi) is 3.37. The number of hydrogen-bond donors (Lipinski definition) is 1. The summed E-state index contributed by atoms with van der Waals surface area (Å²) < 4.78 is 23.3. The topological polar surface area (TPSA) is 83.6 Å². The maximum atomic E-state index is 11.7. The van der Waals surface area contributed by atoms with Crippen LogP contribution in [-0.4, -0.2) is 55.8 Å². The Balaban J connectivity index is 2.02. The molecule has 0 saturated carbocycles. The molecule has 0 radical (unpaired) electrons. The lowest BCUT2D eigenvalue weighted by molar-refractivity contribution is -0.130. The van der Waals surface area contributed by atoms with E-state index in [0.717, 1.165) is 0 Å². The predicted octanol–water partition coefficient (Wildman–Crippen LogP) is -1.09. The third-order valence-electron chi connectivity index (χ3n) is 3.29. The maximum absolute atomic E-state index is 11.7. The Morgan fingerprint density at radius 2 is 2.12 bits per heavy atom. The van der Waals surface area contributed by atoms with Crippen molar-refractivity contribution in [1.82, 2.24) is 10.2 Å². The van der Waals surface area contributed by atoms with E-state index in [9.17, 15) is 18.0 Å². The summed E-state index contributed by atoms with van der Waals surface area (Å²) in [4.78, 5) is 24.3. The van der Waals surface area contributed by atoms with Crippen molar-refractivity contribution in [3.05, 3.63) is 0 Å². The Hall–Kier alpha value is -1.11. The number of nitrogens with zero attached hydrogens (tertiary/aromatic N) is 1. The van der Waals surface area contributed by atoms with Crippen LogP contribution < -0.4 is 5.32 Å². The second-order valence-corrected chi connectivity index (χ2v) is 6.90. The number of amides is 2. The van der Waals surface area contributed by atoms with Crippen LogP contribution in [0.5, 0.6) is 0 Å². The Bertz CT molecular complexity index is 432. The first-order valence-electron chi connectivity index (χ1n) is 5.75. The largest absolute Gasteiger partial charge is 0.347 e. The van der Waals surface area contributed by atoms with Crippen molar-refractivity contribution in [3.8, 4) is 0 Å². The van der Waals surface area contributed by atoms with Crippen LogP contribution in [0, 0.1) is 0 Å². The van der Waals surface area contributed by atoms with Crippen molar-refractivity contribution in [3.63, 3.8) is 0 Å². The van der Waals surface area contributed by atoms with Crippen molar-refractivity contribution >= 4 is 21.7 Å². The van der Waals surface area contributed by atoms with E-state index in [4.69, 9.17) is 0 Å². The van der Waals surface area contributed by atoms with E-state index < -0.39 is 15.1 Å². The number of sulfone groups is 1. The van der Waals surface area contributed by atoms with Crippen LogP contribution in [0.3, 0.4) is 0 Å². The smallest absolute Gasteiger partial charge is 0.242 e. The fraction of sp³-hybridized carbons (Fsp3) is 0.800. The van der Waals surface area contributed by atoms with Crippen LogP contribution in [0.2, 0.25) is 0 Å². The Labute approximate surface area is 100 Å². The average Bonchev–Trinajstić information content (AvgIpc) is 2.51. The number of carbonyl (C=O) groups excluding carboxylic acids is 2. The van der Waals surface area contributed by atoms with Gasteiger partial charge in [-0.15, -0.1) is 0 Å². The predicted molar refractivity (Wildman–Crippen MR) is 61.0 cm³/mol. The lowest BCUT2D eigenvalue weighted by Gasteiger charge is -2.22. The number of carbonyl (C=O) groups is 2. The molecule has 0 aromatic heterocycles. The fourth-order valence-electron chi connectivity index (χ4n) is 2.24. The first-order chi connectivity index (χ1) is 7.99. The highest BCUT2D eigenvalue weighted by Crippen LogP contribution is 2.21. The minimum atomic E-state index is -3.03. The molecular weight excluding hydrogens is 244 g/mol. The summed E-state index contributed by atoms with van der Waals surface area (Å²) in [6.45, 7) is 0.526. The third kappa shape index (κ3) is 2.77. The second-order valence-electron chi connectivity index (χ2n) is 4.50. The van der Waals surface area contributed by atoms with Crippen molar-refractivity contribution < 1.29 is 18.0 Å². The number of nitrogens with one attached hydrogen (secondary N) is 1. The Morgan fingerprint density at radius 1 is 1.35 bits per heavy atom. The van der Waals surface area contributed by atoms with Crippen molar-refractivity contribution in [2.24, 2.45) is 0 Å². The molecule has 0 aromatic rings. The third-order valence-corrected chi connectivity index (χ3v) is 5.54. The molecule has 2 amide bonds. The molecule has 2 aliphatic rings. The van der Waals surface area contributed by atoms with Crippen molar-refractivity contribution in [1.29, 1.82) is 0 Å². The van der Waals surface area contributed by atoms with E-state index in [0.29, 0.717) is 19.4 Å². The van der Waals surface area contributed by atoms with Gasteiger partial charge in [-0.05, 0) is 12.8 Å². The van der Waals surface area contributed by atoms with Gasteiger partial charge in [0.15, 0.2) is 9.84 Å². The minimum absolute atomic E-state index is 0.0222. The van der Waals surface area contributed by atoms with Gasteiger partial charge < -0.3 is 10.2 Å². The maximum Gasteiger partial charge on any atom is 0.242 e. The molecule has 17 heavy (non-hydrogen) atoms. The molecule has 2 saturated heterocycles. The SMILES string of the molecule is O=C1CCN(CC2CCCS2(=O)=O)C(=O)CN1. The summed E-state index contributed by atoms with van der Waals surface area (Å²) in [5, 5.41) is 2.05. The van der Waals surface area contributed by atoms with E-state index in [1.165, 1.54) is 4.90 Å². The quantitative estimate of drug-likeness (QED) is 0.684. The van der Waals surface area contributed by atoms with Gasteiger partial charge in [0.25, 0.3) is 0 Å². The van der Waals surface area contributed by atoms with Gasteiger partial charge in [0.1, 0.15) is 0 Å². The minimum Gasteiger partial charge on any atom is -0.347 e. The second kappa shape index (κ2) is 4.64. The molecule has 1 unspecified atom stereocenters. The number of hydrogen-bond acceptors (Lipinski definition) is 4. The summed E-state index contributed by atoms with van der Waals surface area (Å²) in [7, 11) is -3.03. The van der Waals surface area contributed by atoms with Crippen LogP contribution >= 0.6 is 0 Å². The molecule has 1 N–H and O–H groups in total. The van der Waals surface area contributed by atoms with E-state index in [1.807, 2.05) is 0 Å². The molecule has 0 aromatic carbocycles. The zero-order valence-electron chi connectivity index (χ0n) is 9.52. The van der Waals surface area contributed by atoms with Gasteiger partial charge in [0.05, 0.1) is 17.5 Å². The zero-order chi connectivity index (χ0) is 12.5. The van der Waals surface area contributed by atoms with Crippen LogP contribution in [0.4, 0.5) is 0 Å². The summed E-state index contributed by atoms with van der Waals surface area (Å²) in [5.41, 5.74) is 0.